The lowest BCUT2D eigenvalue weighted by atomic mass is 10.2. The lowest BCUT2D eigenvalue weighted by molar-refractivity contribution is 0.0370. The number of unbranched alkanes of at least 4 members (excludes halogenated alkanes) is 1. The molecule has 2 N–H and O–H groups in total. The molecule has 1 saturated heterocycles. The summed E-state index contributed by atoms with van der Waals surface area (Å²) in [5, 5.41) is 1.07. The van der Waals surface area contributed by atoms with Gasteiger partial charge in [-0.3, -0.25) is 14.7 Å². The summed E-state index contributed by atoms with van der Waals surface area (Å²) in [5.74, 6) is 5.27. The van der Waals surface area contributed by atoms with Crippen molar-refractivity contribution in [2.45, 2.75) is 12.8 Å². The molecule has 1 radical (unpaired) electrons. The van der Waals surface area contributed by atoms with Crippen LogP contribution < -0.4 is 5.84 Å². The van der Waals surface area contributed by atoms with E-state index in [1.807, 2.05) is 0 Å². The number of ether oxygens (including phenoxy) is 1. The highest BCUT2D eigenvalue weighted by atomic mass is 16.5. The van der Waals surface area contributed by atoms with Gasteiger partial charge in [0.05, 0.1) is 13.2 Å². The van der Waals surface area contributed by atoms with E-state index in [2.05, 4.69) is 4.90 Å². The van der Waals surface area contributed by atoms with E-state index in [0.29, 0.717) is 6.54 Å². The molecule has 81 valence electrons. The molecule has 0 bridgehead atoms. The minimum Gasteiger partial charge on any atom is -0.379 e. The highest BCUT2D eigenvalue weighted by Crippen LogP contribution is 1.99. The van der Waals surface area contributed by atoms with E-state index in [4.69, 9.17) is 10.6 Å². The molecule has 0 unspecified atom stereocenters. The molecule has 5 nitrogen and oxygen atoms in total. The Hall–Kier alpha value is -0.650. The van der Waals surface area contributed by atoms with Gasteiger partial charge in [0.2, 0.25) is 0 Å². The van der Waals surface area contributed by atoms with Gasteiger partial charge < -0.3 is 4.74 Å². The quantitative estimate of drug-likeness (QED) is 0.203. The molecule has 1 fully saturated rings. The van der Waals surface area contributed by atoms with Crippen molar-refractivity contribution in [2.24, 2.45) is 5.84 Å². The van der Waals surface area contributed by atoms with E-state index >= 15 is 0 Å². The van der Waals surface area contributed by atoms with Crippen LogP contribution in [0, 0.1) is 0 Å². The molecule has 0 aromatic rings. The highest BCUT2D eigenvalue weighted by Gasteiger charge is 2.09. The van der Waals surface area contributed by atoms with Gasteiger partial charge >= 0.3 is 6.41 Å². The van der Waals surface area contributed by atoms with Gasteiger partial charge in [0.1, 0.15) is 0 Å². The van der Waals surface area contributed by atoms with Crippen LogP contribution in [0.4, 0.5) is 0 Å². The number of hydrazine groups is 1. The van der Waals surface area contributed by atoms with E-state index < -0.39 is 0 Å². The Labute approximate surface area is 84.8 Å². The van der Waals surface area contributed by atoms with Gasteiger partial charge in [0, 0.05) is 19.6 Å². The number of amides is 1. The lowest BCUT2D eigenvalue weighted by Crippen LogP contribution is -2.37. The van der Waals surface area contributed by atoms with Gasteiger partial charge in [-0.1, -0.05) is 0 Å². The number of nitrogens with zero attached hydrogens (tertiary/aromatic N) is 2. The van der Waals surface area contributed by atoms with Crippen molar-refractivity contribution in [2.75, 3.05) is 39.4 Å². The van der Waals surface area contributed by atoms with Crippen LogP contribution in [0.3, 0.4) is 0 Å². The molecule has 1 rings (SSSR count). The first kappa shape index (κ1) is 11.4. The van der Waals surface area contributed by atoms with Gasteiger partial charge in [-0.15, -0.1) is 0 Å². The third-order valence-electron chi connectivity index (χ3n) is 2.34. The largest absolute Gasteiger partial charge is 0.379 e. The molecule has 1 heterocycles. The van der Waals surface area contributed by atoms with Gasteiger partial charge in [0.15, 0.2) is 0 Å². The summed E-state index contributed by atoms with van der Waals surface area (Å²) < 4.78 is 5.24. The van der Waals surface area contributed by atoms with Crippen molar-refractivity contribution >= 4 is 6.41 Å². The molecule has 0 spiro atoms. The number of rotatable bonds is 6. The molecule has 1 aliphatic rings. The number of carbonyl (C=O) groups excluding carboxylic acids is 1. The summed E-state index contributed by atoms with van der Waals surface area (Å²) in [7, 11) is 0. The Bertz CT molecular complexity index is 160. The number of morpholine rings is 1. The maximum absolute atomic E-state index is 10.0. The first-order valence-corrected chi connectivity index (χ1v) is 5.03. The second-order valence-electron chi connectivity index (χ2n) is 3.45. The molecular formula is C9H18N3O2. The topological polar surface area (TPSA) is 58.8 Å². The van der Waals surface area contributed by atoms with Crippen LogP contribution in [0.5, 0.6) is 0 Å². The zero-order valence-corrected chi connectivity index (χ0v) is 8.45. The average Bonchev–Trinajstić information content (AvgIpc) is 2.25. The Kier molecular flexibility index (Phi) is 5.51. The van der Waals surface area contributed by atoms with Crippen LogP contribution in [0.2, 0.25) is 0 Å². The monoisotopic (exact) mass is 200 g/mol. The molecule has 0 aromatic heterocycles. The summed E-state index contributed by atoms with van der Waals surface area (Å²) in [6, 6.07) is 0. The van der Waals surface area contributed by atoms with Crippen molar-refractivity contribution in [3.63, 3.8) is 0 Å². The second-order valence-corrected chi connectivity index (χ2v) is 3.45. The van der Waals surface area contributed by atoms with Gasteiger partial charge in [-0.2, -0.15) is 0 Å². The van der Waals surface area contributed by atoms with Crippen LogP contribution in [0.15, 0.2) is 0 Å². The second kappa shape index (κ2) is 6.75. The van der Waals surface area contributed by atoms with Crippen molar-refractivity contribution < 1.29 is 9.53 Å². The number of hydrogen-bond donors (Lipinski definition) is 1. The van der Waals surface area contributed by atoms with Crippen molar-refractivity contribution in [3.8, 4) is 0 Å². The van der Waals surface area contributed by atoms with Crippen LogP contribution in [-0.2, 0) is 9.53 Å². The van der Waals surface area contributed by atoms with E-state index in [-0.39, 0.29) is 0 Å². The molecular weight excluding hydrogens is 182 g/mol. The van der Waals surface area contributed by atoms with Crippen LogP contribution >= 0.6 is 0 Å². The lowest BCUT2D eigenvalue weighted by Gasteiger charge is -2.26. The van der Waals surface area contributed by atoms with E-state index in [1.54, 1.807) is 6.41 Å². The Morgan fingerprint density at radius 2 is 2.07 bits per heavy atom. The molecule has 1 aliphatic heterocycles. The highest BCUT2D eigenvalue weighted by molar-refractivity contribution is 5.46. The minimum absolute atomic E-state index is 0.591. The first-order chi connectivity index (χ1) is 6.83. The standard InChI is InChI=1S/C9H18N3O2/c10-12(9-13)4-2-1-3-11-5-7-14-8-6-11/h1-8,10H2. The molecule has 0 aromatic carbocycles. The fraction of sp³-hybridized carbons (Fsp3) is 0.889. The molecule has 0 saturated carbocycles. The SMILES string of the molecule is NN([C]=O)CCCCN1CCOCC1. The summed E-state index contributed by atoms with van der Waals surface area (Å²) in [6.07, 6.45) is 3.63. The molecule has 14 heavy (non-hydrogen) atoms. The Morgan fingerprint density at radius 1 is 1.36 bits per heavy atom. The van der Waals surface area contributed by atoms with Gasteiger partial charge in [-0.05, 0) is 19.4 Å². The predicted molar refractivity (Wildman–Crippen MR) is 53.1 cm³/mol. The van der Waals surface area contributed by atoms with Crippen molar-refractivity contribution in [1.29, 1.82) is 0 Å². The van der Waals surface area contributed by atoms with Crippen LogP contribution in [0.25, 0.3) is 0 Å². The summed E-state index contributed by atoms with van der Waals surface area (Å²) in [6.45, 7) is 5.37. The number of hydrogen-bond acceptors (Lipinski definition) is 4. The maximum atomic E-state index is 10.0. The summed E-state index contributed by atoms with van der Waals surface area (Å²) in [5.41, 5.74) is 0. The van der Waals surface area contributed by atoms with E-state index in [0.717, 1.165) is 50.7 Å². The maximum Gasteiger partial charge on any atom is 0.327 e. The summed E-state index contributed by atoms with van der Waals surface area (Å²) >= 11 is 0. The van der Waals surface area contributed by atoms with E-state index in [1.165, 1.54) is 0 Å². The first-order valence-electron chi connectivity index (χ1n) is 5.03. The van der Waals surface area contributed by atoms with Crippen LogP contribution in [0.1, 0.15) is 12.8 Å². The fourth-order valence-electron chi connectivity index (χ4n) is 1.49. The number of nitrogens with two attached hydrogens (primary N) is 1. The fourth-order valence-corrected chi connectivity index (χ4v) is 1.49. The zero-order chi connectivity index (χ0) is 10.2. The minimum atomic E-state index is 0.591. The van der Waals surface area contributed by atoms with Gasteiger partial charge in [0.25, 0.3) is 0 Å². The normalized spacial score (nSPS) is 18.1. The molecule has 1 amide bonds. The van der Waals surface area contributed by atoms with Gasteiger partial charge in [-0.25, -0.2) is 5.84 Å². The average molecular weight is 200 g/mol. The smallest absolute Gasteiger partial charge is 0.327 e. The Morgan fingerprint density at radius 3 is 2.71 bits per heavy atom. The van der Waals surface area contributed by atoms with Crippen molar-refractivity contribution in [3.05, 3.63) is 0 Å². The molecule has 5 heteroatoms. The third-order valence-corrected chi connectivity index (χ3v) is 2.34. The third kappa shape index (κ3) is 4.55. The molecule has 0 atom stereocenters. The predicted octanol–water partition coefficient (Wildman–Crippen LogP) is -0.658. The van der Waals surface area contributed by atoms with E-state index in [9.17, 15) is 4.79 Å². The Balaban J connectivity index is 1.94. The summed E-state index contributed by atoms with van der Waals surface area (Å²) in [4.78, 5) is 12.4. The van der Waals surface area contributed by atoms with Crippen LogP contribution in [-0.4, -0.2) is 55.7 Å². The van der Waals surface area contributed by atoms with Crippen molar-refractivity contribution in [1.82, 2.24) is 9.91 Å². The zero-order valence-electron chi connectivity index (χ0n) is 8.45. The molecule has 0 aliphatic carbocycles.